The molecule has 0 spiro atoms. The molecule has 1 saturated heterocycles. The quantitative estimate of drug-likeness (QED) is 0.751. The molecule has 0 aliphatic carbocycles. The van der Waals surface area contributed by atoms with Crippen molar-refractivity contribution in [1.29, 1.82) is 5.26 Å². The zero-order valence-corrected chi connectivity index (χ0v) is 16.7. The minimum atomic E-state index is -0.302. The molecule has 2 heterocycles. The maximum absolute atomic E-state index is 13.5. The number of imide groups is 1. The van der Waals surface area contributed by atoms with E-state index in [1.165, 1.54) is 4.90 Å². The van der Waals surface area contributed by atoms with Gasteiger partial charge in [0.2, 0.25) is 0 Å². The van der Waals surface area contributed by atoms with Gasteiger partial charge >= 0.3 is 0 Å². The number of likely N-dealkylation sites (tertiary alicyclic amines) is 1. The molecule has 0 N–H and O–H groups in total. The van der Waals surface area contributed by atoms with Gasteiger partial charge in [-0.2, -0.15) is 5.26 Å². The van der Waals surface area contributed by atoms with Crippen LogP contribution in [0.3, 0.4) is 0 Å². The molecule has 5 heteroatoms. The van der Waals surface area contributed by atoms with Crippen molar-refractivity contribution in [3.05, 3.63) is 70.4 Å². The molecular weight excluding hydrogens is 362 g/mol. The Labute approximate surface area is 170 Å². The molecule has 2 aliphatic heterocycles. The van der Waals surface area contributed by atoms with Crippen LogP contribution in [-0.2, 0) is 9.59 Å². The molecule has 2 aliphatic rings. The lowest BCUT2D eigenvalue weighted by Crippen LogP contribution is -2.37. The third kappa shape index (κ3) is 3.31. The fourth-order valence-corrected chi connectivity index (χ4v) is 4.01. The maximum atomic E-state index is 13.5. The number of hydrogen-bond acceptors (Lipinski definition) is 4. The van der Waals surface area contributed by atoms with Crippen LogP contribution in [0.25, 0.3) is 5.57 Å². The topological polar surface area (TPSA) is 64.4 Å². The van der Waals surface area contributed by atoms with Gasteiger partial charge in [0.05, 0.1) is 22.9 Å². The zero-order chi connectivity index (χ0) is 20.5. The molecule has 0 saturated carbocycles. The monoisotopic (exact) mass is 385 g/mol. The number of nitrogens with zero attached hydrogens (tertiary/aromatic N) is 3. The maximum Gasteiger partial charge on any atom is 0.282 e. The predicted molar refractivity (Wildman–Crippen MR) is 112 cm³/mol. The van der Waals surface area contributed by atoms with Crippen molar-refractivity contribution >= 4 is 23.1 Å². The van der Waals surface area contributed by atoms with Crippen LogP contribution >= 0.6 is 0 Å². The second kappa shape index (κ2) is 7.56. The molecule has 2 aromatic carbocycles. The van der Waals surface area contributed by atoms with Gasteiger partial charge in [0.1, 0.15) is 5.70 Å². The number of aryl methyl sites for hydroxylation is 2. The number of carbonyl (C=O) groups excluding carboxylic acids is 2. The summed E-state index contributed by atoms with van der Waals surface area (Å²) in [6.45, 7) is 5.61. The van der Waals surface area contributed by atoms with Crippen LogP contribution in [0.1, 0.15) is 41.5 Å². The van der Waals surface area contributed by atoms with Crippen molar-refractivity contribution < 1.29 is 9.59 Å². The second-order valence-electron chi connectivity index (χ2n) is 7.67. The number of piperidine rings is 1. The molecule has 0 bridgehead atoms. The van der Waals surface area contributed by atoms with Gasteiger partial charge in [-0.3, -0.25) is 9.59 Å². The molecule has 5 nitrogen and oxygen atoms in total. The number of carbonyl (C=O) groups is 2. The second-order valence-corrected chi connectivity index (χ2v) is 7.67. The summed E-state index contributed by atoms with van der Waals surface area (Å²) < 4.78 is 0. The highest BCUT2D eigenvalue weighted by atomic mass is 16.2. The average molecular weight is 385 g/mol. The van der Waals surface area contributed by atoms with Crippen LogP contribution in [0.5, 0.6) is 0 Å². The molecule has 0 radical (unpaired) electrons. The summed E-state index contributed by atoms with van der Waals surface area (Å²) in [5.74, 6) is -0.585. The number of benzene rings is 2. The lowest BCUT2D eigenvalue weighted by Gasteiger charge is -2.29. The van der Waals surface area contributed by atoms with Gasteiger partial charge in [0, 0.05) is 13.1 Å². The summed E-state index contributed by atoms with van der Waals surface area (Å²) in [6, 6.07) is 14.5. The summed E-state index contributed by atoms with van der Waals surface area (Å²) in [5, 5.41) is 9.04. The molecule has 4 rings (SSSR count). The SMILES string of the molecule is Cc1ccc(C2=C(N3CCCCC3)C(=O)N(c3ccc(C#N)cc3)C2=O)cc1C. The van der Waals surface area contributed by atoms with E-state index >= 15 is 0 Å². The number of anilines is 1. The fourth-order valence-electron chi connectivity index (χ4n) is 4.01. The summed E-state index contributed by atoms with van der Waals surface area (Å²) in [5.41, 5.74) is 4.98. The third-order valence-corrected chi connectivity index (χ3v) is 5.78. The molecule has 146 valence electrons. The van der Waals surface area contributed by atoms with Crippen LogP contribution in [-0.4, -0.2) is 29.8 Å². The number of nitriles is 1. The van der Waals surface area contributed by atoms with Crippen LogP contribution in [0, 0.1) is 25.2 Å². The fraction of sp³-hybridized carbons (Fsp3) is 0.292. The van der Waals surface area contributed by atoms with Crippen molar-refractivity contribution in [2.75, 3.05) is 18.0 Å². The minimum Gasteiger partial charge on any atom is -0.366 e. The molecular formula is C24H23N3O2. The van der Waals surface area contributed by atoms with Gasteiger partial charge in [-0.1, -0.05) is 18.2 Å². The Hall–Kier alpha value is -3.39. The predicted octanol–water partition coefficient (Wildman–Crippen LogP) is 3.95. The Morgan fingerprint density at radius 2 is 1.55 bits per heavy atom. The van der Waals surface area contributed by atoms with Crippen LogP contribution in [0.4, 0.5) is 5.69 Å². The number of amides is 2. The molecule has 0 atom stereocenters. The first kappa shape index (κ1) is 18.9. The lowest BCUT2D eigenvalue weighted by atomic mass is 9.98. The molecule has 2 amide bonds. The van der Waals surface area contributed by atoms with Crippen LogP contribution < -0.4 is 4.90 Å². The van der Waals surface area contributed by atoms with E-state index in [2.05, 4.69) is 11.0 Å². The van der Waals surface area contributed by atoms with Crippen molar-refractivity contribution in [3.8, 4) is 6.07 Å². The van der Waals surface area contributed by atoms with Crippen molar-refractivity contribution in [2.45, 2.75) is 33.1 Å². The van der Waals surface area contributed by atoms with Gasteiger partial charge < -0.3 is 4.90 Å². The average Bonchev–Trinajstić information content (AvgIpc) is 3.01. The van der Waals surface area contributed by atoms with Gasteiger partial charge in [0.25, 0.3) is 11.8 Å². The molecule has 1 fully saturated rings. The normalized spacial score (nSPS) is 17.1. The van der Waals surface area contributed by atoms with E-state index < -0.39 is 0 Å². The molecule has 0 aromatic heterocycles. The minimum absolute atomic E-state index is 0.283. The Kier molecular flexibility index (Phi) is 4.94. The van der Waals surface area contributed by atoms with Crippen molar-refractivity contribution in [3.63, 3.8) is 0 Å². The summed E-state index contributed by atoms with van der Waals surface area (Å²) in [4.78, 5) is 30.2. The van der Waals surface area contributed by atoms with E-state index in [1.807, 2.05) is 32.0 Å². The molecule has 2 aromatic rings. The van der Waals surface area contributed by atoms with E-state index in [1.54, 1.807) is 24.3 Å². The largest absolute Gasteiger partial charge is 0.366 e. The van der Waals surface area contributed by atoms with E-state index in [4.69, 9.17) is 5.26 Å². The molecule has 29 heavy (non-hydrogen) atoms. The Bertz CT molecular complexity index is 1050. The summed E-state index contributed by atoms with van der Waals surface area (Å²) in [7, 11) is 0. The first-order chi connectivity index (χ1) is 14.0. The van der Waals surface area contributed by atoms with Gasteiger partial charge in [-0.25, -0.2) is 4.90 Å². The van der Waals surface area contributed by atoms with Crippen LogP contribution in [0.15, 0.2) is 48.2 Å². The highest BCUT2D eigenvalue weighted by Crippen LogP contribution is 2.36. The Morgan fingerprint density at radius 1 is 0.862 bits per heavy atom. The third-order valence-electron chi connectivity index (χ3n) is 5.78. The highest BCUT2D eigenvalue weighted by Gasteiger charge is 2.42. The van der Waals surface area contributed by atoms with Crippen molar-refractivity contribution in [1.82, 2.24) is 4.90 Å². The lowest BCUT2D eigenvalue weighted by molar-refractivity contribution is -0.120. The number of hydrogen-bond donors (Lipinski definition) is 0. The van der Waals surface area contributed by atoms with Gasteiger partial charge in [-0.05, 0) is 74.1 Å². The van der Waals surface area contributed by atoms with Gasteiger partial charge in [0.15, 0.2) is 0 Å². The first-order valence-electron chi connectivity index (χ1n) is 9.97. The number of rotatable bonds is 3. The first-order valence-corrected chi connectivity index (χ1v) is 9.97. The smallest absolute Gasteiger partial charge is 0.282 e. The summed E-state index contributed by atoms with van der Waals surface area (Å²) >= 11 is 0. The summed E-state index contributed by atoms with van der Waals surface area (Å²) in [6.07, 6.45) is 3.17. The standard InChI is InChI=1S/C24H23N3O2/c1-16-6-9-19(14-17(16)2)21-22(26-12-4-3-5-13-26)24(29)27(23(21)28)20-10-7-18(15-25)8-11-20/h6-11,14H,3-5,12-13H2,1-2H3. The highest BCUT2D eigenvalue weighted by molar-refractivity contribution is 6.45. The van der Waals surface area contributed by atoms with E-state index in [0.717, 1.165) is 49.0 Å². The molecule has 0 unspecified atom stereocenters. The van der Waals surface area contributed by atoms with E-state index in [9.17, 15) is 9.59 Å². The van der Waals surface area contributed by atoms with E-state index in [-0.39, 0.29) is 11.8 Å². The van der Waals surface area contributed by atoms with E-state index in [0.29, 0.717) is 22.5 Å². The van der Waals surface area contributed by atoms with Gasteiger partial charge in [-0.15, -0.1) is 0 Å². The Morgan fingerprint density at radius 3 is 2.17 bits per heavy atom. The van der Waals surface area contributed by atoms with Crippen LogP contribution in [0.2, 0.25) is 0 Å². The zero-order valence-electron chi connectivity index (χ0n) is 16.7. The Balaban J connectivity index is 1.82. The van der Waals surface area contributed by atoms with Crippen molar-refractivity contribution in [2.24, 2.45) is 0 Å².